The first-order valence-corrected chi connectivity index (χ1v) is 44.8. The van der Waals surface area contributed by atoms with E-state index in [-0.39, 0.29) is 140 Å². The fourth-order valence-electron chi connectivity index (χ4n) is 18.0. The lowest BCUT2D eigenvalue weighted by molar-refractivity contribution is -0.343. The summed E-state index contributed by atoms with van der Waals surface area (Å²) in [6, 6.07) is -1.35. The molecule has 4 saturated carbocycles. The number of aliphatic carboxylic acids is 2. The summed E-state index contributed by atoms with van der Waals surface area (Å²) in [5.41, 5.74) is 0. The minimum Gasteiger partial charge on any atom is -0.479 e. The normalized spacial score (nSPS) is 35.3. The number of ether oxygens (including phenoxy) is 16. The van der Waals surface area contributed by atoms with Gasteiger partial charge in [0, 0.05) is 63.6 Å². The summed E-state index contributed by atoms with van der Waals surface area (Å²) in [4.78, 5) is 91.9. The first kappa shape index (κ1) is 104. The largest absolute Gasteiger partial charge is 0.479 e. The molecule has 0 unspecified atom stereocenters. The number of amides is 4. The number of aliphatic hydroxyl groups is 10. The van der Waals surface area contributed by atoms with Crippen LogP contribution in [-0.2, 0) is 109 Å². The molecule has 123 heavy (non-hydrogen) atoms. The van der Waals surface area contributed by atoms with Crippen LogP contribution in [0.4, 0.5) is 0 Å². The molecule has 16 N–H and O–H groups in total. The minimum atomic E-state index is -1.70. The Morgan fingerprint density at radius 2 is 0.813 bits per heavy atom. The summed E-state index contributed by atoms with van der Waals surface area (Å²) in [7, 11) is 0. The van der Waals surface area contributed by atoms with Gasteiger partial charge in [-0.25, -0.2) is 9.59 Å². The maximum atomic E-state index is 14.2. The average Bonchev–Trinajstić information content (AvgIpc) is 0.801. The molecule has 0 radical (unpaired) electrons. The molecular weight excluding hydrogens is 1620 g/mol. The molecule has 0 aromatic rings. The van der Waals surface area contributed by atoms with E-state index in [2.05, 4.69) is 21.3 Å². The van der Waals surface area contributed by atoms with Crippen LogP contribution in [0.15, 0.2) is 0 Å². The van der Waals surface area contributed by atoms with E-state index in [0.717, 1.165) is 64.2 Å². The lowest BCUT2D eigenvalue weighted by atomic mass is 9.74. The third-order valence-electron chi connectivity index (χ3n) is 25.2. The molecule has 4 heterocycles. The van der Waals surface area contributed by atoms with Gasteiger partial charge in [0.2, 0.25) is 23.6 Å². The zero-order chi connectivity index (χ0) is 89.2. The fourth-order valence-corrected chi connectivity index (χ4v) is 18.0. The summed E-state index contributed by atoms with van der Waals surface area (Å²) in [6.45, 7) is 11.7. The van der Waals surface area contributed by atoms with E-state index in [9.17, 15) is 94.8 Å². The van der Waals surface area contributed by atoms with Crippen LogP contribution in [-0.4, -0.2) is 368 Å². The van der Waals surface area contributed by atoms with Crippen LogP contribution in [0.3, 0.4) is 0 Å². The molecule has 39 heteroatoms. The Morgan fingerprint density at radius 1 is 0.415 bits per heavy atom. The number of hydrogen-bond acceptors (Lipinski definition) is 33. The van der Waals surface area contributed by atoms with E-state index in [1.807, 2.05) is 13.8 Å². The molecule has 0 spiro atoms. The van der Waals surface area contributed by atoms with Crippen LogP contribution in [0.1, 0.15) is 183 Å². The van der Waals surface area contributed by atoms with Crippen molar-refractivity contribution in [3.8, 4) is 0 Å². The highest BCUT2D eigenvalue weighted by molar-refractivity contribution is 5.81. The predicted molar refractivity (Wildman–Crippen MR) is 430 cm³/mol. The molecule has 0 bridgehead atoms. The van der Waals surface area contributed by atoms with Gasteiger partial charge in [0.25, 0.3) is 0 Å². The van der Waals surface area contributed by atoms with Gasteiger partial charge in [-0.1, -0.05) is 97.8 Å². The van der Waals surface area contributed by atoms with Crippen LogP contribution in [0.25, 0.3) is 0 Å². The Morgan fingerprint density at radius 3 is 1.25 bits per heavy atom. The molecule has 30 atom stereocenters. The van der Waals surface area contributed by atoms with Gasteiger partial charge in [-0.15, -0.1) is 0 Å². The van der Waals surface area contributed by atoms with Gasteiger partial charge in [-0.05, 0) is 82.5 Å². The maximum Gasteiger partial charge on any atom is 0.332 e. The van der Waals surface area contributed by atoms with Crippen molar-refractivity contribution in [3.63, 3.8) is 0 Å². The second-order valence-corrected chi connectivity index (χ2v) is 34.2. The highest BCUT2D eigenvalue weighted by Gasteiger charge is 2.56. The molecule has 8 fully saturated rings. The first-order chi connectivity index (χ1) is 59.0. The van der Waals surface area contributed by atoms with Crippen molar-refractivity contribution in [1.29, 1.82) is 0 Å². The van der Waals surface area contributed by atoms with Crippen molar-refractivity contribution in [2.45, 2.75) is 336 Å². The number of carbonyl (C=O) groups excluding carboxylic acids is 5. The number of Topliss-reactive ketones (excluding diaryl/α,β-unsaturated/α-hetero) is 1. The number of rotatable bonds is 53. The van der Waals surface area contributed by atoms with Gasteiger partial charge in [-0.3, -0.25) is 24.0 Å². The van der Waals surface area contributed by atoms with Gasteiger partial charge < -0.3 is 158 Å². The number of hydrogen-bond donors (Lipinski definition) is 16. The van der Waals surface area contributed by atoms with Gasteiger partial charge in [0.05, 0.1) is 135 Å². The van der Waals surface area contributed by atoms with E-state index in [4.69, 9.17) is 75.8 Å². The van der Waals surface area contributed by atoms with Gasteiger partial charge in [-0.2, -0.15) is 0 Å². The number of carboxylic acids is 2. The molecule has 39 nitrogen and oxygen atoms in total. The van der Waals surface area contributed by atoms with Crippen LogP contribution in [0.5, 0.6) is 0 Å². The predicted octanol–water partition coefficient (Wildman–Crippen LogP) is -0.453. The monoisotopic (exact) mass is 1770 g/mol. The van der Waals surface area contributed by atoms with Gasteiger partial charge in [0.1, 0.15) is 79.0 Å². The molecular formula is C84H144N4O35. The lowest BCUT2D eigenvalue weighted by Crippen LogP contribution is -2.67. The number of nitrogens with one attached hydrogen (secondary N) is 4. The van der Waals surface area contributed by atoms with E-state index in [0.29, 0.717) is 71.7 Å². The molecule has 8 aliphatic rings. The zero-order valence-electron chi connectivity index (χ0n) is 72.3. The Hall–Kier alpha value is -4.55. The number of carbonyl (C=O) groups is 7. The molecule has 8 rings (SSSR count). The SMILES string of the molecule is CC[C@H]1C[C@@H](C(=O)NCCNC(=O)CCOCCOCCOCCOCCOCCOCCC(=O)NCCCC(=O)[C@@H]2C[C@H](CC)[C@@H](O[C@@H]3O[C@@H](C)[C@@H](O)[C@@H](O)[C@@H]3O)[C@H](O[C@@H]3O[C@H](CO)[C@H](O)[C@H](O[C@@H](CC4CCCCC4)C(=O)O)[C@H]3NC(C)=O)C2)C[C@@H](O[C@@H]2O[C@H](CO)[C@H](O)[C@H](O[C@@H](CC3CCCCC3)C(=O)O)[C@H]2C)[C@@H]1O[C@@H]1O[C@@H](C)[C@@H](O)[C@@H](O)[C@@H]1O. The number of ketones is 1. The van der Waals surface area contributed by atoms with E-state index in [1.54, 1.807) is 6.92 Å². The summed E-state index contributed by atoms with van der Waals surface area (Å²) in [5.74, 6) is -6.91. The first-order valence-electron chi connectivity index (χ1n) is 44.8. The fraction of sp³-hybridized carbons (Fsp3) is 0.917. The molecule has 4 amide bonds. The molecule has 0 aromatic carbocycles. The molecule has 4 aliphatic carbocycles. The Bertz CT molecular complexity index is 3090. The zero-order valence-corrected chi connectivity index (χ0v) is 72.3. The molecule has 0 aromatic heterocycles. The van der Waals surface area contributed by atoms with Crippen molar-refractivity contribution >= 4 is 41.4 Å². The maximum absolute atomic E-state index is 14.2. The Kier molecular flexibility index (Phi) is 45.7. The van der Waals surface area contributed by atoms with Crippen LogP contribution in [0.2, 0.25) is 0 Å². The second-order valence-electron chi connectivity index (χ2n) is 34.2. The third-order valence-corrected chi connectivity index (χ3v) is 25.2. The Labute approximate surface area is 720 Å². The van der Waals surface area contributed by atoms with Crippen molar-refractivity contribution in [2.24, 2.45) is 41.4 Å². The van der Waals surface area contributed by atoms with Crippen LogP contribution < -0.4 is 21.3 Å². The summed E-state index contributed by atoms with van der Waals surface area (Å²) >= 11 is 0. The molecule has 710 valence electrons. The van der Waals surface area contributed by atoms with Crippen molar-refractivity contribution in [2.75, 3.05) is 112 Å². The topological polar surface area (TPSA) is 558 Å². The lowest BCUT2D eigenvalue weighted by Gasteiger charge is -2.49. The van der Waals surface area contributed by atoms with E-state index < -0.39 is 214 Å². The Balaban J connectivity index is 0.655. The van der Waals surface area contributed by atoms with Crippen LogP contribution >= 0.6 is 0 Å². The smallest absolute Gasteiger partial charge is 0.332 e. The van der Waals surface area contributed by atoms with Gasteiger partial charge in [0.15, 0.2) is 37.4 Å². The van der Waals surface area contributed by atoms with Crippen molar-refractivity contribution in [3.05, 3.63) is 0 Å². The van der Waals surface area contributed by atoms with Gasteiger partial charge >= 0.3 is 11.9 Å². The van der Waals surface area contributed by atoms with Crippen LogP contribution in [0, 0.1) is 41.4 Å². The van der Waals surface area contributed by atoms with Crippen molar-refractivity contribution < 1.29 is 171 Å². The third kappa shape index (κ3) is 32.2. The van der Waals surface area contributed by atoms with E-state index >= 15 is 0 Å². The van der Waals surface area contributed by atoms with E-state index in [1.165, 1.54) is 20.8 Å². The standard InChI is InChI=1S/C84H144N4O35/c1-7-52-40-54(42-57(75(52)122-83-72(101)70(99)66(95)47(4)114-83)119-82-65(88-49(6)91)77(69(98)62(45-90)121-82)117-60(80(106)107)39-51-18-13-10-14-19-51)56(92)20-15-23-85-63(93)21-26-108-28-30-110-32-34-112-36-37-113-35-33-111-31-29-109-27-22-64(94)86-24-25-87-78(103)55-41-53(8-2)76(123-84-73(102)71(100)67(96)48(5)115-84)58(43-55)118-81-46(3)74(68(97)61(44-89)120-81)116-59(79(104)105)38-50-16-11-9-12-17-50/h46-48,50-55,57-62,65-77,81-84,89-90,95-102H,7-45H2,1-6H3,(H,85,93)(H,86,94)(H,87,103)(H,88,91)(H,104,105)(H,106,107)/t46-,47+,48+,52+,53+,54-,55-,57-,58-,59+,60+,61-,62-,65-,66-,67-,68+,69+,70-,71-,72+,73+,74-,75-,76-,77-,81-,82-,83+,84+/m1/s1. The quantitative estimate of drug-likeness (QED) is 0.0343. The molecule has 4 saturated heterocycles. The minimum absolute atomic E-state index is 0.00211. The number of carboxylic acid groups (broad SMARTS) is 2. The summed E-state index contributed by atoms with van der Waals surface area (Å²) < 4.78 is 96.2. The molecule has 4 aliphatic heterocycles. The highest BCUT2D eigenvalue weighted by Crippen LogP contribution is 2.44. The summed E-state index contributed by atoms with van der Waals surface area (Å²) in [6.07, 6.45) is -20.0. The second kappa shape index (κ2) is 54.2. The van der Waals surface area contributed by atoms with Crippen molar-refractivity contribution in [1.82, 2.24) is 21.3 Å². The number of aliphatic hydroxyl groups excluding tert-OH is 10. The average molecular weight is 1770 g/mol. The highest BCUT2D eigenvalue weighted by atomic mass is 16.7. The summed E-state index contributed by atoms with van der Waals surface area (Å²) in [5, 5.41) is 140.